The molecule has 0 heterocycles. The van der Waals surface area contributed by atoms with Crippen LogP contribution in [0, 0.1) is 11.8 Å². The molecule has 0 fully saturated rings. The van der Waals surface area contributed by atoms with Crippen LogP contribution in [0.2, 0.25) is 0 Å². The third kappa shape index (κ3) is 10.7. The summed E-state index contributed by atoms with van der Waals surface area (Å²) < 4.78 is 26.9. The molecule has 1 aromatic rings. The maximum Gasteiger partial charge on any atom is 0.514 e. The van der Waals surface area contributed by atoms with Crippen molar-refractivity contribution in [1.82, 2.24) is 0 Å². The highest BCUT2D eigenvalue weighted by molar-refractivity contribution is 5.75. The van der Waals surface area contributed by atoms with Crippen LogP contribution in [0.4, 0.5) is 9.59 Å². The second kappa shape index (κ2) is 14.9. The summed E-state index contributed by atoms with van der Waals surface area (Å²) in [6.45, 7) is 15.7. The highest BCUT2D eigenvalue weighted by Crippen LogP contribution is 2.36. The SMILES string of the molecule is CCC(C)C(=O)OCC(C)C(c1ccc(OC(=O)OC(C)(C)CC)c(OC(=O)OC(C)(C)CC)c1)[C@H](N)C(=O)O. The van der Waals surface area contributed by atoms with Gasteiger partial charge in [0.2, 0.25) is 0 Å². The van der Waals surface area contributed by atoms with Gasteiger partial charge in [-0.1, -0.05) is 40.7 Å². The van der Waals surface area contributed by atoms with Gasteiger partial charge in [0.15, 0.2) is 11.5 Å². The molecular formula is C29H45NO10. The van der Waals surface area contributed by atoms with Crippen molar-refractivity contribution in [3.05, 3.63) is 23.8 Å². The molecule has 0 bridgehead atoms. The molecule has 0 saturated carbocycles. The minimum Gasteiger partial charge on any atom is -0.480 e. The standard InChI is InChI=1S/C29H45NO10/c1-10-17(4)25(33)36-16-18(5)22(23(30)24(31)32)19-13-14-20(37-26(34)39-28(6,7)11-2)21(15-19)38-27(35)40-29(8,9)12-3/h13-15,17-18,22-23H,10-12,16,30H2,1-9H3,(H,31,32)/t17?,18?,22?,23-/m0/s1. The lowest BCUT2D eigenvalue weighted by atomic mass is 9.82. The van der Waals surface area contributed by atoms with Gasteiger partial charge in [-0.3, -0.25) is 9.59 Å². The van der Waals surface area contributed by atoms with Gasteiger partial charge in [-0.05, 0) is 70.6 Å². The molecule has 226 valence electrons. The minimum absolute atomic E-state index is 0.0889. The molecule has 0 amide bonds. The van der Waals surface area contributed by atoms with E-state index in [1.165, 1.54) is 18.2 Å². The van der Waals surface area contributed by atoms with Crippen LogP contribution < -0.4 is 15.2 Å². The van der Waals surface area contributed by atoms with Gasteiger partial charge in [-0.15, -0.1) is 0 Å². The third-order valence-electron chi connectivity index (χ3n) is 6.95. The Morgan fingerprint density at radius 2 is 1.38 bits per heavy atom. The number of carbonyl (C=O) groups is 4. The second-order valence-electron chi connectivity index (χ2n) is 11.1. The summed E-state index contributed by atoms with van der Waals surface area (Å²) in [6, 6.07) is 2.82. The number of carboxylic acid groups (broad SMARTS) is 1. The topological polar surface area (TPSA) is 161 Å². The fourth-order valence-electron chi connectivity index (χ4n) is 3.38. The summed E-state index contributed by atoms with van der Waals surface area (Å²) >= 11 is 0. The highest BCUT2D eigenvalue weighted by atomic mass is 16.8. The zero-order valence-electron chi connectivity index (χ0n) is 25.1. The maximum absolute atomic E-state index is 12.6. The Kier molecular flexibility index (Phi) is 12.9. The van der Waals surface area contributed by atoms with Crippen LogP contribution in [0.3, 0.4) is 0 Å². The number of aliphatic carboxylic acids is 1. The van der Waals surface area contributed by atoms with Gasteiger partial charge in [0.25, 0.3) is 0 Å². The van der Waals surface area contributed by atoms with E-state index in [1.54, 1.807) is 41.5 Å². The first-order valence-corrected chi connectivity index (χ1v) is 13.6. The van der Waals surface area contributed by atoms with E-state index in [-0.39, 0.29) is 24.0 Å². The van der Waals surface area contributed by atoms with Crippen molar-refractivity contribution < 1.29 is 48.0 Å². The van der Waals surface area contributed by atoms with Crippen molar-refractivity contribution in [3.63, 3.8) is 0 Å². The van der Waals surface area contributed by atoms with Crippen LogP contribution in [0.25, 0.3) is 0 Å². The van der Waals surface area contributed by atoms with Gasteiger partial charge < -0.3 is 34.5 Å². The molecule has 1 rings (SSSR count). The molecule has 0 aliphatic heterocycles. The summed E-state index contributed by atoms with van der Waals surface area (Å²) in [5.74, 6) is -3.75. The molecule has 11 heteroatoms. The quantitative estimate of drug-likeness (QED) is 0.158. The lowest BCUT2D eigenvalue weighted by Crippen LogP contribution is -2.41. The summed E-state index contributed by atoms with van der Waals surface area (Å²) in [7, 11) is 0. The van der Waals surface area contributed by atoms with Crippen molar-refractivity contribution in [2.24, 2.45) is 17.6 Å². The average molecular weight is 568 g/mol. The Labute approximate surface area is 236 Å². The number of hydrogen-bond donors (Lipinski definition) is 2. The van der Waals surface area contributed by atoms with E-state index >= 15 is 0 Å². The minimum atomic E-state index is -1.39. The first-order valence-electron chi connectivity index (χ1n) is 13.6. The van der Waals surface area contributed by atoms with Crippen LogP contribution in [0.1, 0.15) is 93.1 Å². The average Bonchev–Trinajstić information content (AvgIpc) is 2.87. The van der Waals surface area contributed by atoms with E-state index in [2.05, 4.69) is 0 Å². The number of esters is 1. The summed E-state index contributed by atoms with van der Waals surface area (Å²) in [4.78, 5) is 49.3. The maximum atomic E-state index is 12.6. The molecule has 3 N–H and O–H groups in total. The van der Waals surface area contributed by atoms with E-state index in [1.807, 2.05) is 20.8 Å². The lowest BCUT2D eigenvalue weighted by molar-refractivity contribution is -0.149. The first kappa shape index (κ1) is 34.7. The molecule has 0 aliphatic carbocycles. The molecule has 1 aromatic carbocycles. The number of carboxylic acids is 1. The Hall–Kier alpha value is -3.34. The van der Waals surface area contributed by atoms with Crippen LogP contribution in [-0.4, -0.2) is 53.2 Å². The van der Waals surface area contributed by atoms with Gasteiger partial charge in [-0.25, -0.2) is 9.59 Å². The van der Waals surface area contributed by atoms with E-state index in [0.29, 0.717) is 24.8 Å². The Morgan fingerprint density at radius 1 is 0.875 bits per heavy atom. The fraction of sp³-hybridized carbons (Fsp3) is 0.655. The molecule has 4 atom stereocenters. The van der Waals surface area contributed by atoms with Crippen molar-refractivity contribution in [2.45, 2.75) is 105 Å². The predicted molar refractivity (Wildman–Crippen MR) is 147 cm³/mol. The number of benzene rings is 1. The molecule has 0 saturated heterocycles. The Balaban J connectivity index is 3.46. The first-order chi connectivity index (χ1) is 18.5. The monoisotopic (exact) mass is 567 g/mol. The summed E-state index contributed by atoms with van der Waals surface area (Å²) in [5.41, 5.74) is 4.79. The molecule has 3 unspecified atom stereocenters. The van der Waals surface area contributed by atoms with Crippen molar-refractivity contribution in [2.75, 3.05) is 6.61 Å². The highest BCUT2D eigenvalue weighted by Gasteiger charge is 2.34. The van der Waals surface area contributed by atoms with E-state index in [0.717, 1.165) is 0 Å². The van der Waals surface area contributed by atoms with Gasteiger partial charge >= 0.3 is 24.2 Å². The van der Waals surface area contributed by atoms with Gasteiger partial charge in [0.05, 0.1) is 12.5 Å². The smallest absolute Gasteiger partial charge is 0.480 e. The Bertz CT molecular complexity index is 1040. The number of ether oxygens (including phenoxy) is 5. The Morgan fingerprint density at radius 3 is 1.82 bits per heavy atom. The fourth-order valence-corrected chi connectivity index (χ4v) is 3.38. The van der Waals surface area contributed by atoms with Crippen molar-refractivity contribution in [3.8, 4) is 11.5 Å². The van der Waals surface area contributed by atoms with Gasteiger partial charge in [-0.2, -0.15) is 0 Å². The van der Waals surface area contributed by atoms with Crippen LogP contribution in [0.5, 0.6) is 11.5 Å². The third-order valence-corrected chi connectivity index (χ3v) is 6.95. The largest absolute Gasteiger partial charge is 0.514 e. The number of hydrogen-bond acceptors (Lipinski definition) is 10. The lowest BCUT2D eigenvalue weighted by Gasteiger charge is -2.28. The van der Waals surface area contributed by atoms with Gasteiger partial charge in [0, 0.05) is 5.92 Å². The second-order valence-corrected chi connectivity index (χ2v) is 11.1. The van der Waals surface area contributed by atoms with Crippen molar-refractivity contribution in [1.29, 1.82) is 0 Å². The molecule has 0 aromatic heterocycles. The molecule has 40 heavy (non-hydrogen) atoms. The normalized spacial score (nSPS) is 14.8. The van der Waals surface area contributed by atoms with E-state index < -0.39 is 53.3 Å². The number of rotatable bonds is 14. The molecule has 0 aliphatic rings. The van der Waals surface area contributed by atoms with Crippen LogP contribution >= 0.6 is 0 Å². The van der Waals surface area contributed by atoms with E-state index in [9.17, 15) is 24.3 Å². The molecular weight excluding hydrogens is 522 g/mol. The predicted octanol–water partition coefficient (Wildman–Crippen LogP) is 5.82. The molecule has 11 nitrogen and oxygen atoms in total. The van der Waals surface area contributed by atoms with Crippen LogP contribution in [-0.2, 0) is 23.8 Å². The molecule has 0 spiro atoms. The van der Waals surface area contributed by atoms with Crippen LogP contribution in [0.15, 0.2) is 18.2 Å². The summed E-state index contributed by atoms with van der Waals surface area (Å²) in [5, 5.41) is 9.72. The number of carbonyl (C=O) groups excluding carboxylic acids is 3. The number of nitrogens with two attached hydrogens (primary N) is 1. The van der Waals surface area contributed by atoms with Crippen molar-refractivity contribution >= 4 is 24.2 Å². The zero-order chi connectivity index (χ0) is 30.8. The molecule has 0 radical (unpaired) electrons. The van der Waals surface area contributed by atoms with Gasteiger partial charge in [0.1, 0.15) is 17.2 Å². The summed E-state index contributed by atoms with van der Waals surface area (Å²) in [6.07, 6.45) is -0.443. The van der Waals surface area contributed by atoms with E-state index in [4.69, 9.17) is 29.4 Å². The zero-order valence-corrected chi connectivity index (χ0v) is 25.1.